The molecule has 0 radical (unpaired) electrons. The largest absolute Gasteiger partial charge is 0.394 e. The standard InChI is InChI=1S/C14H16N2O2/c1-2-11(9-17)16-14(18)12-7-3-5-10-6-4-8-15-13(10)12/h3-8,11,17H,2,9H2,1H3,(H,16,18)/t11-/m0/s1. The Bertz CT molecular complexity index is 545. The van der Waals surface area contributed by atoms with Crippen molar-refractivity contribution in [3.8, 4) is 0 Å². The third-order valence-electron chi connectivity index (χ3n) is 2.93. The van der Waals surface area contributed by atoms with Gasteiger partial charge in [0.05, 0.1) is 23.7 Å². The van der Waals surface area contributed by atoms with Crippen LogP contribution in [0.5, 0.6) is 0 Å². The van der Waals surface area contributed by atoms with Crippen LogP contribution in [0.1, 0.15) is 23.7 Å². The maximum absolute atomic E-state index is 12.1. The Labute approximate surface area is 106 Å². The average molecular weight is 244 g/mol. The van der Waals surface area contributed by atoms with Gasteiger partial charge < -0.3 is 10.4 Å². The van der Waals surface area contributed by atoms with Crippen LogP contribution in [0.2, 0.25) is 0 Å². The summed E-state index contributed by atoms with van der Waals surface area (Å²) in [6.45, 7) is 1.86. The Hall–Kier alpha value is -1.94. The molecule has 1 atom stereocenters. The number of fused-ring (bicyclic) bond motifs is 1. The monoisotopic (exact) mass is 244 g/mol. The third-order valence-corrected chi connectivity index (χ3v) is 2.93. The van der Waals surface area contributed by atoms with Crippen molar-refractivity contribution >= 4 is 16.8 Å². The Morgan fingerprint density at radius 3 is 2.89 bits per heavy atom. The molecule has 0 spiro atoms. The molecule has 0 bridgehead atoms. The predicted octanol–water partition coefficient (Wildman–Crippen LogP) is 1.74. The normalized spacial score (nSPS) is 12.3. The molecule has 0 aliphatic carbocycles. The highest BCUT2D eigenvalue weighted by atomic mass is 16.3. The van der Waals surface area contributed by atoms with E-state index in [-0.39, 0.29) is 18.6 Å². The van der Waals surface area contributed by atoms with Crippen LogP contribution in [0.15, 0.2) is 36.5 Å². The topological polar surface area (TPSA) is 62.2 Å². The van der Waals surface area contributed by atoms with Gasteiger partial charge in [-0.2, -0.15) is 0 Å². The van der Waals surface area contributed by atoms with Crippen molar-refractivity contribution in [3.05, 3.63) is 42.1 Å². The van der Waals surface area contributed by atoms with Crippen molar-refractivity contribution in [2.45, 2.75) is 19.4 Å². The van der Waals surface area contributed by atoms with Gasteiger partial charge in [0.1, 0.15) is 0 Å². The zero-order chi connectivity index (χ0) is 13.0. The van der Waals surface area contributed by atoms with E-state index in [1.165, 1.54) is 0 Å². The molecule has 1 aromatic carbocycles. The summed E-state index contributed by atoms with van der Waals surface area (Å²) in [5, 5.41) is 12.8. The molecule has 18 heavy (non-hydrogen) atoms. The van der Waals surface area contributed by atoms with Gasteiger partial charge in [-0.05, 0) is 18.6 Å². The van der Waals surface area contributed by atoms with E-state index in [1.807, 2.05) is 31.2 Å². The number of hydrogen-bond acceptors (Lipinski definition) is 3. The SMILES string of the molecule is CC[C@@H](CO)NC(=O)c1cccc2cccnc12. The van der Waals surface area contributed by atoms with E-state index in [0.717, 1.165) is 5.39 Å². The van der Waals surface area contributed by atoms with Gasteiger partial charge in [0.2, 0.25) is 0 Å². The summed E-state index contributed by atoms with van der Waals surface area (Å²) in [6.07, 6.45) is 2.36. The van der Waals surface area contributed by atoms with Gasteiger partial charge in [0.25, 0.3) is 5.91 Å². The Morgan fingerprint density at radius 2 is 2.17 bits per heavy atom. The minimum absolute atomic E-state index is 0.0551. The third kappa shape index (κ3) is 2.49. The molecule has 4 heteroatoms. The summed E-state index contributed by atoms with van der Waals surface area (Å²) in [7, 11) is 0. The van der Waals surface area contributed by atoms with Crippen LogP contribution in [0.3, 0.4) is 0 Å². The molecule has 2 N–H and O–H groups in total. The summed E-state index contributed by atoms with van der Waals surface area (Å²) in [5.74, 6) is -0.194. The lowest BCUT2D eigenvalue weighted by Gasteiger charge is -2.14. The van der Waals surface area contributed by atoms with Gasteiger partial charge in [0, 0.05) is 11.6 Å². The molecule has 0 saturated carbocycles. The van der Waals surface area contributed by atoms with Crippen LogP contribution >= 0.6 is 0 Å². The van der Waals surface area contributed by atoms with Crippen molar-refractivity contribution in [3.63, 3.8) is 0 Å². The van der Waals surface area contributed by atoms with Crippen LogP contribution in [0.25, 0.3) is 10.9 Å². The Balaban J connectivity index is 2.33. The molecular weight excluding hydrogens is 228 g/mol. The highest BCUT2D eigenvalue weighted by Gasteiger charge is 2.14. The Kier molecular flexibility index (Phi) is 3.89. The summed E-state index contributed by atoms with van der Waals surface area (Å²) in [6, 6.07) is 9.04. The number of aliphatic hydroxyl groups excluding tert-OH is 1. The first-order chi connectivity index (χ1) is 8.76. The fourth-order valence-electron chi connectivity index (χ4n) is 1.83. The number of rotatable bonds is 4. The minimum atomic E-state index is -0.212. The fourth-order valence-corrected chi connectivity index (χ4v) is 1.83. The van der Waals surface area contributed by atoms with Gasteiger partial charge in [0.15, 0.2) is 0 Å². The molecule has 0 saturated heterocycles. The molecule has 0 aliphatic heterocycles. The fraction of sp³-hybridized carbons (Fsp3) is 0.286. The highest BCUT2D eigenvalue weighted by Crippen LogP contribution is 2.15. The highest BCUT2D eigenvalue weighted by molar-refractivity contribution is 6.05. The first-order valence-corrected chi connectivity index (χ1v) is 6.01. The summed E-state index contributed by atoms with van der Waals surface area (Å²) in [5.41, 5.74) is 1.23. The zero-order valence-electron chi connectivity index (χ0n) is 10.3. The van der Waals surface area contributed by atoms with E-state index in [4.69, 9.17) is 5.11 Å². The summed E-state index contributed by atoms with van der Waals surface area (Å²) < 4.78 is 0. The number of benzene rings is 1. The van der Waals surface area contributed by atoms with Crippen molar-refractivity contribution in [1.29, 1.82) is 0 Å². The van der Waals surface area contributed by atoms with Crippen molar-refractivity contribution in [1.82, 2.24) is 10.3 Å². The maximum Gasteiger partial charge on any atom is 0.253 e. The lowest BCUT2D eigenvalue weighted by atomic mass is 10.1. The molecule has 0 aliphatic rings. The van der Waals surface area contributed by atoms with E-state index in [2.05, 4.69) is 10.3 Å². The van der Waals surface area contributed by atoms with Crippen molar-refractivity contribution in [2.24, 2.45) is 0 Å². The first kappa shape index (κ1) is 12.5. The second kappa shape index (κ2) is 5.60. The number of nitrogens with one attached hydrogen (secondary N) is 1. The van der Waals surface area contributed by atoms with Crippen LogP contribution in [-0.2, 0) is 0 Å². The predicted molar refractivity (Wildman–Crippen MR) is 70.4 cm³/mol. The minimum Gasteiger partial charge on any atom is -0.394 e. The second-order valence-corrected chi connectivity index (χ2v) is 4.14. The number of nitrogens with zero attached hydrogens (tertiary/aromatic N) is 1. The van der Waals surface area contributed by atoms with Gasteiger partial charge in [-0.15, -0.1) is 0 Å². The number of para-hydroxylation sites is 1. The molecule has 1 amide bonds. The van der Waals surface area contributed by atoms with E-state index in [1.54, 1.807) is 12.3 Å². The van der Waals surface area contributed by atoms with Gasteiger partial charge in [-0.1, -0.05) is 25.1 Å². The molecule has 0 unspecified atom stereocenters. The summed E-state index contributed by atoms with van der Waals surface area (Å²) in [4.78, 5) is 16.4. The quantitative estimate of drug-likeness (QED) is 0.861. The smallest absolute Gasteiger partial charge is 0.253 e. The lowest BCUT2D eigenvalue weighted by Crippen LogP contribution is -2.37. The van der Waals surface area contributed by atoms with E-state index in [0.29, 0.717) is 17.5 Å². The maximum atomic E-state index is 12.1. The molecule has 1 heterocycles. The van der Waals surface area contributed by atoms with Crippen LogP contribution < -0.4 is 5.32 Å². The van der Waals surface area contributed by atoms with Crippen LogP contribution in [0, 0.1) is 0 Å². The summed E-state index contributed by atoms with van der Waals surface area (Å²) >= 11 is 0. The van der Waals surface area contributed by atoms with Gasteiger partial charge in [-0.3, -0.25) is 9.78 Å². The molecule has 0 fully saturated rings. The molecule has 2 rings (SSSR count). The molecule has 94 valence electrons. The van der Waals surface area contributed by atoms with E-state index in [9.17, 15) is 4.79 Å². The van der Waals surface area contributed by atoms with Crippen molar-refractivity contribution < 1.29 is 9.90 Å². The van der Waals surface area contributed by atoms with Gasteiger partial charge >= 0.3 is 0 Å². The molecule has 2 aromatic rings. The first-order valence-electron chi connectivity index (χ1n) is 6.01. The second-order valence-electron chi connectivity index (χ2n) is 4.14. The average Bonchev–Trinajstić information content (AvgIpc) is 2.43. The number of carbonyl (C=O) groups excluding carboxylic acids is 1. The number of pyridine rings is 1. The number of carbonyl (C=O) groups is 1. The zero-order valence-corrected chi connectivity index (χ0v) is 10.3. The number of hydrogen-bond donors (Lipinski definition) is 2. The molecule has 1 aromatic heterocycles. The number of aliphatic hydroxyl groups is 1. The van der Waals surface area contributed by atoms with Crippen molar-refractivity contribution in [2.75, 3.05) is 6.61 Å². The molecular formula is C14H16N2O2. The van der Waals surface area contributed by atoms with Crippen LogP contribution in [0.4, 0.5) is 0 Å². The van der Waals surface area contributed by atoms with Gasteiger partial charge in [-0.25, -0.2) is 0 Å². The molecule has 4 nitrogen and oxygen atoms in total. The lowest BCUT2D eigenvalue weighted by molar-refractivity contribution is 0.0916. The van der Waals surface area contributed by atoms with E-state index < -0.39 is 0 Å². The Morgan fingerprint density at radius 1 is 1.39 bits per heavy atom. The number of amides is 1. The number of aromatic nitrogens is 1. The van der Waals surface area contributed by atoms with Crippen LogP contribution in [-0.4, -0.2) is 28.6 Å². The van der Waals surface area contributed by atoms with E-state index >= 15 is 0 Å².